The molecule has 3 rings (SSSR count). The van der Waals surface area contributed by atoms with Gasteiger partial charge in [-0.2, -0.15) is 12.7 Å². The molecule has 0 radical (unpaired) electrons. The van der Waals surface area contributed by atoms with Gasteiger partial charge in [-0.1, -0.05) is 12.1 Å². The maximum absolute atomic E-state index is 12.7. The van der Waals surface area contributed by atoms with Crippen LogP contribution in [-0.2, 0) is 23.1 Å². The van der Waals surface area contributed by atoms with Crippen molar-refractivity contribution in [3.05, 3.63) is 34.9 Å². The molecular weight excluding hydrogens is 302 g/mol. The maximum Gasteiger partial charge on any atom is 0.279 e. The molecule has 1 aromatic carbocycles. The van der Waals surface area contributed by atoms with Gasteiger partial charge in [0.2, 0.25) is 0 Å². The average molecular weight is 323 g/mol. The van der Waals surface area contributed by atoms with Crippen LogP contribution >= 0.6 is 0 Å². The minimum absolute atomic E-state index is 0.0280. The molecule has 7 heteroatoms. The molecule has 0 aromatic heterocycles. The number of aryl methyl sites for hydroxylation is 1. The molecule has 2 aliphatic rings. The summed E-state index contributed by atoms with van der Waals surface area (Å²) in [6.45, 7) is 1.54. The van der Waals surface area contributed by atoms with E-state index < -0.39 is 10.2 Å². The first-order valence-electron chi connectivity index (χ1n) is 7.61. The van der Waals surface area contributed by atoms with Crippen LogP contribution in [0.3, 0.4) is 0 Å². The summed E-state index contributed by atoms with van der Waals surface area (Å²) in [5, 5.41) is 0. The second kappa shape index (κ2) is 5.98. The molecule has 1 saturated heterocycles. The molecule has 22 heavy (non-hydrogen) atoms. The fourth-order valence-electron chi connectivity index (χ4n) is 3.25. The van der Waals surface area contributed by atoms with Gasteiger partial charge in [0.15, 0.2) is 0 Å². The monoisotopic (exact) mass is 323 g/mol. The molecular formula is C15H21N3O3S. The summed E-state index contributed by atoms with van der Waals surface area (Å²) in [5.41, 5.74) is 3.25. The van der Waals surface area contributed by atoms with Crippen molar-refractivity contribution in [2.75, 3.05) is 33.2 Å². The number of carbonyl (C=O) groups is 1. The standard InChI is InChI=1S/C15H21N3O3S/c1-16-22(20,21)18-10-8-17(9-11-18)15(19)14-7-3-5-12-4-2-6-13(12)14/h3,5,7,16H,2,4,6,8-11H2,1H3. The molecule has 0 unspecified atom stereocenters. The zero-order valence-corrected chi connectivity index (χ0v) is 13.5. The van der Waals surface area contributed by atoms with Gasteiger partial charge in [-0.25, -0.2) is 4.72 Å². The summed E-state index contributed by atoms with van der Waals surface area (Å²) >= 11 is 0. The Morgan fingerprint density at radius 2 is 1.86 bits per heavy atom. The number of amides is 1. The zero-order chi connectivity index (χ0) is 15.7. The predicted octanol–water partition coefficient (Wildman–Crippen LogP) is 0.397. The van der Waals surface area contributed by atoms with Crippen molar-refractivity contribution in [2.24, 2.45) is 0 Å². The minimum Gasteiger partial charge on any atom is -0.336 e. The highest BCUT2D eigenvalue weighted by Gasteiger charge is 2.29. The second-order valence-electron chi connectivity index (χ2n) is 5.70. The summed E-state index contributed by atoms with van der Waals surface area (Å²) < 4.78 is 27.2. The largest absolute Gasteiger partial charge is 0.336 e. The summed E-state index contributed by atoms with van der Waals surface area (Å²) in [6, 6.07) is 5.93. The fourth-order valence-corrected chi connectivity index (χ4v) is 4.15. The van der Waals surface area contributed by atoms with E-state index in [0.717, 1.165) is 24.8 Å². The fraction of sp³-hybridized carbons (Fsp3) is 0.533. The van der Waals surface area contributed by atoms with Crippen molar-refractivity contribution >= 4 is 16.1 Å². The Morgan fingerprint density at radius 1 is 1.14 bits per heavy atom. The van der Waals surface area contributed by atoms with E-state index in [1.807, 2.05) is 12.1 Å². The van der Waals surface area contributed by atoms with Gasteiger partial charge in [-0.15, -0.1) is 0 Å². The summed E-state index contributed by atoms with van der Waals surface area (Å²) in [6.07, 6.45) is 3.11. The zero-order valence-electron chi connectivity index (χ0n) is 12.7. The van der Waals surface area contributed by atoms with Crippen LogP contribution in [0, 0.1) is 0 Å². The number of benzene rings is 1. The quantitative estimate of drug-likeness (QED) is 0.875. The molecule has 1 amide bonds. The lowest BCUT2D eigenvalue weighted by Gasteiger charge is -2.34. The molecule has 0 spiro atoms. The first kappa shape index (κ1) is 15.5. The lowest BCUT2D eigenvalue weighted by Crippen LogP contribution is -2.52. The van der Waals surface area contributed by atoms with E-state index in [-0.39, 0.29) is 5.91 Å². The van der Waals surface area contributed by atoms with Gasteiger partial charge >= 0.3 is 0 Å². The number of hydrogen-bond acceptors (Lipinski definition) is 3. The van der Waals surface area contributed by atoms with E-state index in [0.29, 0.717) is 26.2 Å². The Labute approximate surface area is 131 Å². The minimum atomic E-state index is -3.40. The molecule has 1 aromatic rings. The summed E-state index contributed by atoms with van der Waals surface area (Å²) in [7, 11) is -2.00. The maximum atomic E-state index is 12.7. The molecule has 6 nitrogen and oxygen atoms in total. The first-order chi connectivity index (χ1) is 10.5. The van der Waals surface area contributed by atoms with E-state index in [1.54, 1.807) is 4.90 Å². The number of nitrogens with one attached hydrogen (secondary N) is 1. The highest BCUT2D eigenvalue weighted by atomic mass is 32.2. The Bertz CT molecular complexity index is 679. The number of piperazine rings is 1. The molecule has 0 bridgehead atoms. The number of hydrogen-bond donors (Lipinski definition) is 1. The Morgan fingerprint density at radius 3 is 2.55 bits per heavy atom. The Kier molecular flexibility index (Phi) is 4.20. The molecule has 1 aliphatic carbocycles. The van der Waals surface area contributed by atoms with Gasteiger partial charge < -0.3 is 4.90 Å². The van der Waals surface area contributed by atoms with Gasteiger partial charge in [0, 0.05) is 38.8 Å². The van der Waals surface area contributed by atoms with Crippen LogP contribution in [0.2, 0.25) is 0 Å². The molecule has 1 fully saturated rings. The summed E-state index contributed by atoms with van der Waals surface area (Å²) in [5.74, 6) is 0.0280. The normalized spacial score (nSPS) is 19.2. The molecule has 0 atom stereocenters. The highest BCUT2D eigenvalue weighted by molar-refractivity contribution is 7.87. The molecule has 1 heterocycles. The number of carbonyl (C=O) groups excluding carboxylic acids is 1. The predicted molar refractivity (Wildman–Crippen MR) is 83.9 cm³/mol. The smallest absolute Gasteiger partial charge is 0.279 e. The van der Waals surface area contributed by atoms with Crippen LogP contribution in [-0.4, -0.2) is 56.8 Å². The third kappa shape index (κ3) is 2.76. The Hall–Kier alpha value is -1.44. The van der Waals surface area contributed by atoms with Crippen LogP contribution in [0.4, 0.5) is 0 Å². The topological polar surface area (TPSA) is 69.7 Å². The SMILES string of the molecule is CNS(=O)(=O)N1CCN(C(=O)c2cccc3c2CCC3)CC1. The van der Waals surface area contributed by atoms with Crippen LogP contribution in [0.15, 0.2) is 18.2 Å². The number of rotatable bonds is 3. The number of fused-ring (bicyclic) bond motifs is 1. The van der Waals surface area contributed by atoms with E-state index in [1.165, 1.54) is 22.5 Å². The first-order valence-corrected chi connectivity index (χ1v) is 9.05. The van der Waals surface area contributed by atoms with Crippen molar-refractivity contribution < 1.29 is 13.2 Å². The molecule has 0 saturated carbocycles. The second-order valence-corrected chi connectivity index (χ2v) is 7.57. The lowest BCUT2D eigenvalue weighted by atomic mass is 10.0. The number of nitrogens with zero attached hydrogens (tertiary/aromatic N) is 2. The molecule has 1 N–H and O–H groups in total. The van der Waals surface area contributed by atoms with Gasteiger partial charge in [-0.05, 0) is 36.5 Å². The van der Waals surface area contributed by atoms with Gasteiger partial charge in [0.25, 0.3) is 16.1 Å². The Balaban J connectivity index is 1.72. The van der Waals surface area contributed by atoms with Crippen LogP contribution in [0.25, 0.3) is 0 Å². The third-order valence-corrected chi connectivity index (χ3v) is 6.06. The van der Waals surface area contributed by atoms with Crippen molar-refractivity contribution in [3.8, 4) is 0 Å². The van der Waals surface area contributed by atoms with Crippen molar-refractivity contribution in [3.63, 3.8) is 0 Å². The van der Waals surface area contributed by atoms with Crippen LogP contribution in [0.5, 0.6) is 0 Å². The van der Waals surface area contributed by atoms with E-state index in [2.05, 4.69) is 10.8 Å². The average Bonchev–Trinajstić information content (AvgIpc) is 3.03. The van der Waals surface area contributed by atoms with E-state index in [9.17, 15) is 13.2 Å². The van der Waals surface area contributed by atoms with E-state index >= 15 is 0 Å². The van der Waals surface area contributed by atoms with Crippen LogP contribution < -0.4 is 4.72 Å². The van der Waals surface area contributed by atoms with Gasteiger partial charge in [-0.3, -0.25) is 4.79 Å². The van der Waals surface area contributed by atoms with Crippen molar-refractivity contribution in [1.29, 1.82) is 0 Å². The third-order valence-electron chi connectivity index (χ3n) is 4.50. The van der Waals surface area contributed by atoms with Crippen molar-refractivity contribution in [1.82, 2.24) is 13.9 Å². The van der Waals surface area contributed by atoms with Gasteiger partial charge in [0.05, 0.1) is 0 Å². The summed E-state index contributed by atoms with van der Waals surface area (Å²) in [4.78, 5) is 14.5. The van der Waals surface area contributed by atoms with Gasteiger partial charge in [0.1, 0.15) is 0 Å². The lowest BCUT2D eigenvalue weighted by molar-refractivity contribution is 0.0696. The highest BCUT2D eigenvalue weighted by Crippen LogP contribution is 2.26. The molecule has 1 aliphatic heterocycles. The van der Waals surface area contributed by atoms with Crippen LogP contribution in [0.1, 0.15) is 27.9 Å². The van der Waals surface area contributed by atoms with Crippen molar-refractivity contribution in [2.45, 2.75) is 19.3 Å². The van der Waals surface area contributed by atoms with E-state index in [4.69, 9.17) is 0 Å². The molecule has 120 valence electrons.